The molecule has 1 N–H and O–H groups in total. The minimum atomic E-state index is -0.191. The van der Waals surface area contributed by atoms with Crippen molar-refractivity contribution in [1.29, 1.82) is 0 Å². The molecule has 0 aliphatic carbocycles. The van der Waals surface area contributed by atoms with Crippen molar-refractivity contribution in [2.24, 2.45) is 0 Å². The highest BCUT2D eigenvalue weighted by molar-refractivity contribution is 8.26. The second-order valence-corrected chi connectivity index (χ2v) is 7.14. The maximum atomic E-state index is 12.3. The Labute approximate surface area is 137 Å². The van der Waals surface area contributed by atoms with E-state index in [9.17, 15) is 9.59 Å². The highest BCUT2D eigenvalue weighted by Gasteiger charge is 2.33. The summed E-state index contributed by atoms with van der Waals surface area (Å²) in [5.41, 5.74) is 0. The Morgan fingerprint density at radius 2 is 2.33 bits per heavy atom. The van der Waals surface area contributed by atoms with E-state index >= 15 is 0 Å². The van der Waals surface area contributed by atoms with Crippen molar-refractivity contribution in [3.05, 3.63) is 27.3 Å². The lowest BCUT2D eigenvalue weighted by atomic mass is 10.3. The van der Waals surface area contributed by atoms with Gasteiger partial charge in [0.05, 0.1) is 4.91 Å². The summed E-state index contributed by atoms with van der Waals surface area (Å²) in [6.07, 6.45) is 3.77. The average molecular weight is 340 g/mol. The SMILES string of the molecule is CCCCNC(=O)CN1C(=O)/C(=C\c2cccs2)SC1=S. The summed E-state index contributed by atoms with van der Waals surface area (Å²) in [5.74, 6) is -0.360. The van der Waals surface area contributed by atoms with Gasteiger partial charge in [-0.15, -0.1) is 11.3 Å². The predicted octanol–water partition coefficient (Wildman–Crippen LogP) is 2.87. The van der Waals surface area contributed by atoms with Crippen LogP contribution in [-0.4, -0.2) is 34.1 Å². The summed E-state index contributed by atoms with van der Waals surface area (Å²) in [4.78, 5) is 27.0. The Balaban J connectivity index is 1.97. The van der Waals surface area contributed by atoms with Crippen molar-refractivity contribution in [3.63, 3.8) is 0 Å². The predicted molar refractivity (Wildman–Crippen MR) is 92.1 cm³/mol. The molecule has 1 aromatic heterocycles. The maximum absolute atomic E-state index is 12.3. The summed E-state index contributed by atoms with van der Waals surface area (Å²) in [6, 6.07) is 3.87. The van der Waals surface area contributed by atoms with E-state index in [1.165, 1.54) is 16.7 Å². The highest BCUT2D eigenvalue weighted by atomic mass is 32.2. The van der Waals surface area contributed by atoms with Crippen molar-refractivity contribution >= 4 is 57.5 Å². The number of thiocarbonyl (C=S) groups is 1. The number of nitrogens with one attached hydrogen (secondary N) is 1. The van der Waals surface area contributed by atoms with E-state index in [-0.39, 0.29) is 18.4 Å². The van der Waals surface area contributed by atoms with Crippen LogP contribution in [-0.2, 0) is 9.59 Å². The van der Waals surface area contributed by atoms with E-state index in [4.69, 9.17) is 12.2 Å². The van der Waals surface area contributed by atoms with Crippen molar-refractivity contribution in [3.8, 4) is 0 Å². The van der Waals surface area contributed by atoms with E-state index in [0.29, 0.717) is 15.8 Å². The van der Waals surface area contributed by atoms with Crippen LogP contribution in [0, 0.1) is 0 Å². The number of nitrogens with zero attached hydrogens (tertiary/aromatic N) is 1. The summed E-state index contributed by atoms with van der Waals surface area (Å²) < 4.78 is 0.438. The number of carbonyl (C=O) groups is 2. The van der Waals surface area contributed by atoms with Crippen LogP contribution in [0.15, 0.2) is 22.4 Å². The smallest absolute Gasteiger partial charge is 0.266 e. The number of hydrogen-bond donors (Lipinski definition) is 1. The zero-order valence-electron chi connectivity index (χ0n) is 11.6. The minimum absolute atomic E-state index is 0.00381. The van der Waals surface area contributed by atoms with E-state index in [1.54, 1.807) is 11.3 Å². The number of carbonyl (C=O) groups excluding carboxylic acids is 2. The number of amides is 2. The van der Waals surface area contributed by atoms with Crippen LogP contribution in [0.2, 0.25) is 0 Å². The summed E-state index contributed by atoms with van der Waals surface area (Å²) in [7, 11) is 0. The van der Waals surface area contributed by atoms with Gasteiger partial charge in [0.15, 0.2) is 0 Å². The molecule has 0 bridgehead atoms. The van der Waals surface area contributed by atoms with E-state index < -0.39 is 0 Å². The van der Waals surface area contributed by atoms with Gasteiger partial charge in [0, 0.05) is 11.4 Å². The molecular weight excluding hydrogens is 324 g/mol. The number of thiophene rings is 1. The first-order valence-corrected chi connectivity index (χ1v) is 8.78. The third-order valence-electron chi connectivity index (χ3n) is 2.84. The first kappa shape index (κ1) is 16.2. The lowest BCUT2D eigenvalue weighted by Crippen LogP contribution is -2.39. The molecule has 4 nitrogen and oxygen atoms in total. The first-order valence-electron chi connectivity index (χ1n) is 6.67. The van der Waals surface area contributed by atoms with Gasteiger partial charge < -0.3 is 5.32 Å². The quantitative estimate of drug-likeness (QED) is 0.491. The van der Waals surface area contributed by atoms with Crippen LogP contribution >= 0.6 is 35.3 Å². The van der Waals surface area contributed by atoms with Crippen molar-refractivity contribution in [2.75, 3.05) is 13.1 Å². The van der Waals surface area contributed by atoms with Crippen molar-refractivity contribution < 1.29 is 9.59 Å². The number of rotatable bonds is 6. The van der Waals surface area contributed by atoms with Crippen LogP contribution in [0.5, 0.6) is 0 Å². The van der Waals surface area contributed by atoms with Gasteiger partial charge in [-0.2, -0.15) is 0 Å². The van der Waals surface area contributed by atoms with Gasteiger partial charge in [-0.3, -0.25) is 14.5 Å². The van der Waals surface area contributed by atoms with Gasteiger partial charge in [-0.1, -0.05) is 43.4 Å². The second kappa shape index (κ2) is 7.72. The van der Waals surface area contributed by atoms with E-state index in [0.717, 1.165) is 17.7 Å². The third-order valence-corrected chi connectivity index (χ3v) is 5.04. The molecule has 1 fully saturated rings. The molecule has 2 heterocycles. The largest absolute Gasteiger partial charge is 0.355 e. The normalized spacial score (nSPS) is 16.8. The van der Waals surface area contributed by atoms with Crippen molar-refractivity contribution in [1.82, 2.24) is 10.2 Å². The van der Waals surface area contributed by atoms with Gasteiger partial charge in [0.2, 0.25) is 5.91 Å². The van der Waals surface area contributed by atoms with Gasteiger partial charge >= 0.3 is 0 Å². The molecule has 112 valence electrons. The molecule has 0 spiro atoms. The van der Waals surface area contributed by atoms with E-state index in [1.807, 2.05) is 23.6 Å². The molecule has 1 aromatic rings. The van der Waals surface area contributed by atoms with E-state index in [2.05, 4.69) is 12.2 Å². The van der Waals surface area contributed by atoms with Crippen LogP contribution < -0.4 is 5.32 Å². The average Bonchev–Trinajstić information content (AvgIpc) is 3.04. The Morgan fingerprint density at radius 1 is 1.52 bits per heavy atom. The molecule has 0 radical (unpaired) electrons. The van der Waals surface area contributed by atoms with Crippen LogP contribution in [0.3, 0.4) is 0 Å². The fraction of sp³-hybridized carbons (Fsp3) is 0.357. The summed E-state index contributed by atoms with van der Waals surface area (Å²) in [5, 5.41) is 4.74. The lowest BCUT2D eigenvalue weighted by molar-refractivity contribution is -0.128. The third kappa shape index (κ3) is 4.39. The van der Waals surface area contributed by atoms with Crippen molar-refractivity contribution in [2.45, 2.75) is 19.8 Å². The molecule has 0 saturated carbocycles. The highest BCUT2D eigenvalue weighted by Crippen LogP contribution is 2.32. The molecule has 21 heavy (non-hydrogen) atoms. The molecule has 0 atom stereocenters. The fourth-order valence-electron chi connectivity index (χ4n) is 1.74. The molecule has 1 aliphatic rings. The van der Waals surface area contributed by atoms with Crippen LogP contribution in [0.1, 0.15) is 24.6 Å². The summed E-state index contributed by atoms with van der Waals surface area (Å²) in [6.45, 7) is 2.69. The minimum Gasteiger partial charge on any atom is -0.355 e. The van der Waals surface area contributed by atoms with Gasteiger partial charge in [0.25, 0.3) is 5.91 Å². The molecular formula is C14H16N2O2S3. The number of thioether (sulfide) groups is 1. The Bertz CT molecular complexity index is 567. The maximum Gasteiger partial charge on any atom is 0.266 e. The Morgan fingerprint density at radius 3 is 3.00 bits per heavy atom. The fourth-order valence-corrected chi connectivity index (χ4v) is 3.72. The molecule has 1 aliphatic heterocycles. The Kier molecular flexibility index (Phi) is 5.96. The van der Waals surface area contributed by atoms with Gasteiger partial charge in [0.1, 0.15) is 10.9 Å². The lowest BCUT2D eigenvalue weighted by Gasteiger charge is -2.13. The zero-order chi connectivity index (χ0) is 15.2. The standard InChI is InChI=1S/C14H16N2O2S3/c1-2-3-6-15-12(17)9-16-13(18)11(21-14(16)19)8-10-5-4-7-20-10/h4-5,7-8H,2-3,6,9H2,1H3,(H,15,17)/b11-8+. The second-order valence-electron chi connectivity index (χ2n) is 4.49. The molecule has 2 rings (SSSR count). The van der Waals surface area contributed by atoms with Gasteiger partial charge in [-0.05, 0) is 23.9 Å². The molecule has 0 aromatic carbocycles. The van der Waals surface area contributed by atoms with Gasteiger partial charge in [-0.25, -0.2) is 0 Å². The van der Waals surface area contributed by atoms with Crippen LogP contribution in [0.4, 0.5) is 0 Å². The molecule has 7 heteroatoms. The zero-order valence-corrected chi connectivity index (χ0v) is 14.1. The molecule has 1 saturated heterocycles. The monoisotopic (exact) mass is 340 g/mol. The first-order chi connectivity index (χ1) is 10.1. The molecule has 2 amide bonds. The van der Waals surface area contributed by atoms with Crippen LogP contribution in [0.25, 0.3) is 6.08 Å². The number of unbranched alkanes of at least 4 members (excludes halogenated alkanes) is 1. The number of hydrogen-bond acceptors (Lipinski definition) is 5. The summed E-state index contributed by atoms with van der Waals surface area (Å²) >= 11 is 8.00. The molecule has 0 unspecified atom stereocenters. The topological polar surface area (TPSA) is 49.4 Å². The Hall–Kier alpha value is -1.18.